The predicted octanol–water partition coefficient (Wildman–Crippen LogP) is 4.30. The third-order valence-electron chi connectivity index (χ3n) is 2.89. The van der Waals surface area contributed by atoms with Gasteiger partial charge in [-0.2, -0.15) is 0 Å². The highest BCUT2D eigenvalue weighted by Gasteiger charge is 2.08. The molecule has 0 fully saturated rings. The minimum atomic E-state index is -0.327. The lowest BCUT2D eigenvalue weighted by atomic mass is 10.2. The lowest BCUT2D eigenvalue weighted by molar-refractivity contribution is -0.131. The number of carbonyl (C=O) groups excluding carboxylic acids is 2. The molecule has 4 nitrogen and oxygen atoms in total. The molecule has 0 saturated carbocycles. The molecular weight excluding hydrogens is 334 g/mol. The third kappa shape index (κ3) is 5.62. The van der Waals surface area contributed by atoms with Crippen molar-refractivity contribution in [3.05, 3.63) is 53.1 Å². The maximum atomic E-state index is 11.9. The lowest BCUT2D eigenvalue weighted by Crippen LogP contribution is -2.11. The fraction of sp³-hybridized carbons (Fsp3) is 0.176. The number of hydrogen-bond donors (Lipinski definition) is 1. The number of anilines is 1. The van der Waals surface area contributed by atoms with E-state index in [1.54, 1.807) is 30.3 Å². The molecule has 0 heterocycles. The van der Waals surface area contributed by atoms with E-state index < -0.39 is 0 Å². The molecule has 0 aliphatic carbocycles. The maximum Gasteiger partial charge on any atom is 0.321 e. The molecule has 2 rings (SSSR count). The Morgan fingerprint density at radius 1 is 1.17 bits per heavy atom. The van der Waals surface area contributed by atoms with Crippen LogP contribution in [0.25, 0.3) is 0 Å². The molecule has 6 heteroatoms. The average molecular weight is 350 g/mol. The smallest absolute Gasteiger partial charge is 0.321 e. The first-order valence-electron chi connectivity index (χ1n) is 6.91. The molecule has 0 radical (unpaired) electrons. The number of thioether (sulfide) groups is 1. The molecule has 120 valence electrons. The van der Waals surface area contributed by atoms with Crippen molar-refractivity contribution in [2.45, 2.75) is 18.7 Å². The zero-order chi connectivity index (χ0) is 16.8. The molecule has 1 N–H and O–H groups in total. The van der Waals surface area contributed by atoms with Crippen LogP contribution in [0.5, 0.6) is 5.75 Å². The molecule has 2 aromatic carbocycles. The van der Waals surface area contributed by atoms with Gasteiger partial charge in [-0.05, 0) is 55.0 Å². The molecule has 0 unspecified atom stereocenters. The summed E-state index contributed by atoms with van der Waals surface area (Å²) in [7, 11) is 0. The second kappa shape index (κ2) is 8.04. The molecular formula is C17H16ClNO3S. The van der Waals surface area contributed by atoms with Crippen LogP contribution in [0.1, 0.15) is 12.5 Å². The predicted molar refractivity (Wildman–Crippen MR) is 93.3 cm³/mol. The summed E-state index contributed by atoms with van der Waals surface area (Å²) in [5.74, 6) is 0.265. The van der Waals surface area contributed by atoms with E-state index in [0.29, 0.717) is 10.8 Å². The van der Waals surface area contributed by atoms with E-state index in [0.717, 1.165) is 16.1 Å². The standard InChI is InChI=1S/C17H16ClNO3S/c1-11-9-13(18)3-8-16(11)22-17(21)10-23-15-6-4-14(5-7-15)19-12(2)20/h3-9H,10H2,1-2H3,(H,19,20). The summed E-state index contributed by atoms with van der Waals surface area (Å²) in [6, 6.07) is 12.4. The van der Waals surface area contributed by atoms with E-state index in [1.165, 1.54) is 18.7 Å². The number of ether oxygens (including phenoxy) is 1. The van der Waals surface area contributed by atoms with Crippen molar-refractivity contribution in [1.29, 1.82) is 0 Å². The first kappa shape index (κ1) is 17.4. The zero-order valence-corrected chi connectivity index (χ0v) is 14.3. The number of benzene rings is 2. The fourth-order valence-electron chi connectivity index (χ4n) is 1.86. The summed E-state index contributed by atoms with van der Waals surface area (Å²) in [6.07, 6.45) is 0. The van der Waals surface area contributed by atoms with E-state index in [-0.39, 0.29) is 17.6 Å². The highest BCUT2D eigenvalue weighted by atomic mass is 35.5. The Balaban J connectivity index is 1.87. The monoisotopic (exact) mass is 349 g/mol. The summed E-state index contributed by atoms with van der Waals surface area (Å²) < 4.78 is 5.32. The number of halogens is 1. The van der Waals surface area contributed by atoms with Crippen molar-refractivity contribution >= 4 is 40.9 Å². The summed E-state index contributed by atoms with van der Waals surface area (Å²) in [6.45, 7) is 3.29. The van der Waals surface area contributed by atoms with Crippen LogP contribution >= 0.6 is 23.4 Å². The molecule has 0 saturated heterocycles. The van der Waals surface area contributed by atoms with Crippen molar-refractivity contribution in [1.82, 2.24) is 0 Å². The molecule has 23 heavy (non-hydrogen) atoms. The van der Waals surface area contributed by atoms with Gasteiger partial charge in [-0.1, -0.05) is 11.6 Å². The molecule has 0 aliphatic rings. The first-order chi connectivity index (χ1) is 10.9. The number of carbonyl (C=O) groups is 2. The van der Waals surface area contributed by atoms with Gasteiger partial charge in [0.25, 0.3) is 0 Å². The fourth-order valence-corrected chi connectivity index (χ4v) is 2.76. The number of aryl methyl sites for hydroxylation is 1. The van der Waals surface area contributed by atoms with Crippen LogP contribution in [0, 0.1) is 6.92 Å². The van der Waals surface area contributed by atoms with Crippen LogP contribution in [0.4, 0.5) is 5.69 Å². The number of rotatable bonds is 5. The van der Waals surface area contributed by atoms with Gasteiger partial charge in [0.05, 0.1) is 5.75 Å². The van der Waals surface area contributed by atoms with Crippen molar-refractivity contribution in [3.8, 4) is 5.75 Å². The second-order valence-corrected chi connectivity index (χ2v) is 6.36. The Morgan fingerprint density at radius 3 is 2.48 bits per heavy atom. The van der Waals surface area contributed by atoms with Crippen molar-refractivity contribution in [3.63, 3.8) is 0 Å². The van der Waals surface area contributed by atoms with E-state index in [1.807, 2.05) is 19.1 Å². The Kier molecular flexibility index (Phi) is 6.07. The van der Waals surface area contributed by atoms with E-state index in [2.05, 4.69) is 5.32 Å². The van der Waals surface area contributed by atoms with Crippen molar-refractivity contribution < 1.29 is 14.3 Å². The van der Waals surface area contributed by atoms with Crippen molar-refractivity contribution in [2.24, 2.45) is 0 Å². The number of amides is 1. The number of nitrogens with one attached hydrogen (secondary N) is 1. The van der Waals surface area contributed by atoms with Gasteiger partial charge < -0.3 is 10.1 Å². The molecule has 1 amide bonds. The number of esters is 1. The summed E-state index contributed by atoms with van der Waals surface area (Å²) in [5, 5.41) is 3.30. The zero-order valence-electron chi connectivity index (χ0n) is 12.8. The van der Waals surface area contributed by atoms with Gasteiger partial charge in [0.1, 0.15) is 5.75 Å². The van der Waals surface area contributed by atoms with Gasteiger partial charge in [0.2, 0.25) is 5.91 Å². The largest absolute Gasteiger partial charge is 0.426 e. The molecule has 0 atom stereocenters. The molecule has 0 bridgehead atoms. The van der Waals surface area contributed by atoms with Gasteiger partial charge in [0, 0.05) is 22.5 Å². The summed E-state index contributed by atoms with van der Waals surface area (Å²) >= 11 is 7.24. The molecule has 0 spiro atoms. The minimum Gasteiger partial charge on any atom is -0.426 e. The molecule has 0 aliphatic heterocycles. The van der Waals surface area contributed by atoms with Gasteiger partial charge in [0.15, 0.2) is 0 Å². The Morgan fingerprint density at radius 2 is 1.87 bits per heavy atom. The Hall–Kier alpha value is -1.98. The average Bonchev–Trinajstić information content (AvgIpc) is 2.49. The summed E-state index contributed by atoms with van der Waals surface area (Å²) in [4.78, 5) is 23.8. The topological polar surface area (TPSA) is 55.4 Å². The van der Waals surface area contributed by atoms with Crippen LogP contribution in [-0.2, 0) is 9.59 Å². The quantitative estimate of drug-likeness (QED) is 0.496. The van der Waals surface area contributed by atoms with E-state index >= 15 is 0 Å². The maximum absolute atomic E-state index is 11.9. The Labute approximate surface area is 144 Å². The van der Waals surface area contributed by atoms with E-state index in [4.69, 9.17) is 16.3 Å². The van der Waals surface area contributed by atoms with Gasteiger partial charge in [-0.3, -0.25) is 9.59 Å². The highest BCUT2D eigenvalue weighted by molar-refractivity contribution is 8.00. The highest BCUT2D eigenvalue weighted by Crippen LogP contribution is 2.24. The second-order valence-electron chi connectivity index (χ2n) is 4.88. The molecule has 0 aromatic heterocycles. The minimum absolute atomic E-state index is 0.118. The Bertz CT molecular complexity index is 716. The van der Waals surface area contributed by atoms with Crippen molar-refractivity contribution in [2.75, 3.05) is 11.1 Å². The van der Waals surface area contributed by atoms with Crippen LogP contribution in [0.15, 0.2) is 47.4 Å². The summed E-state index contributed by atoms with van der Waals surface area (Å²) in [5.41, 5.74) is 1.54. The van der Waals surface area contributed by atoms with Gasteiger partial charge >= 0.3 is 5.97 Å². The number of hydrogen-bond acceptors (Lipinski definition) is 4. The van der Waals surface area contributed by atoms with Crippen LogP contribution < -0.4 is 10.1 Å². The van der Waals surface area contributed by atoms with Gasteiger partial charge in [-0.15, -0.1) is 11.8 Å². The SMILES string of the molecule is CC(=O)Nc1ccc(SCC(=O)Oc2ccc(Cl)cc2C)cc1. The van der Waals surface area contributed by atoms with Crippen LogP contribution in [0.2, 0.25) is 5.02 Å². The van der Waals surface area contributed by atoms with Gasteiger partial charge in [-0.25, -0.2) is 0 Å². The molecule has 2 aromatic rings. The lowest BCUT2D eigenvalue weighted by Gasteiger charge is -2.08. The van der Waals surface area contributed by atoms with Crippen LogP contribution in [-0.4, -0.2) is 17.6 Å². The van der Waals surface area contributed by atoms with Crippen LogP contribution in [0.3, 0.4) is 0 Å². The first-order valence-corrected chi connectivity index (χ1v) is 8.27. The van der Waals surface area contributed by atoms with E-state index in [9.17, 15) is 9.59 Å². The normalized spacial score (nSPS) is 10.2. The third-order valence-corrected chi connectivity index (χ3v) is 4.11.